The zero-order valence-electron chi connectivity index (χ0n) is 15.5. The third-order valence-electron chi connectivity index (χ3n) is 3.86. The number of furan rings is 1. The van der Waals surface area contributed by atoms with E-state index in [0.29, 0.717) is 33.7 Å². The van der Waals surface area contributed by atoms with Crippen molar-refractivity contribution in [3.63, 3.8) is 0 Å². The fourth-order valence-corrected chi connectivity index (χ4v) is 2.60. The highest BCUT2D eigenvalue weighted by molar-refractivity contribution is 6.30. The van der Waals surface area contributed by atoms with Crippen molar-refractivity contribution in [1.29, 1.82) is 5.26 Å². The minimum atomic E-state index is -0.536. The van der Waals surface area contributed by atoms with Gasteiger partial charge < -0.3 is 19.2 Å². The van der Waals surface area contributed by atoms with E-state index in [-0.39, 0.29) is 12.2 Å². The van der Waals surface area contributed by atoms with Gasteiger partial charge in [-0.15, -0.1) is 0 Å². The molecule has 3 aromatic rings. The quantitative estimate of drug-likeness (QED) is 0.436. The molecule has 0 saturated carbocycles. The largest absolute Gasteiger partial charge is 0.497 e. The molecule has 6 nitrogen and oxygen atoms in total. The summed E-state index contributed by atoms with van der Waals surface area (Å²) in [5, 5.41) is 12.6. The van der Waals surface area contributed by atoms with Crippen LogP contribution in [0.1, 0.15) is 11.5 Å². The van der Waals surface area contributed by atoms with Gasteiger partial charge in [0, 0.05) is 16.8 Å². The number of benzene rings is 2. The number of anilines is 1. The smallest absolute Gasteiger partial charge is 0.266 e. The van der Waals surface area contributed by atoms with Crippen LogP contribution in [0, 0.1) is 11.3 Å². The van der Waals surface area contributed by atoms with Crippen LogP contribution in [-0.4, -0.2) is 13.0 Å². The number of ether oxygens (including phenoxy) is 2. The summed E-state index contributed by atoms with van der Waals surface area (Å²) < 4.78 is 16.3. The molecule has 1 heterocycles. The third kappa shape index (κ3) is 5.64. The number of hydrogen-bond donors (Lipinski definition) is 1. The Balaban J connectivity index is 1.64. The van der Waals surface area contributed by atoms with E-state index in [4.69, 9.17) is 25.5 Å². The molecule has 0 aliphatic heterocycles. The first kappa shape index (κ1) is 20.1. The van der Waals surface area contributed by atoms with E-state index in [1.807, 2.05) is 6.07 Å². The summed E-state index contributed by atoms with van der Waals surface area (Å²) in [7, 11) is 1.56. The van der Waals surface area contributed by atoms with E-state index in [9.17, 15) is 10.1 Å². The summed E-state index contributed by atoms with van der Waals surface area (Å²) in [5.41, 5.74) is 0.462. The Kier molecular flexibility index (Phi) is 6.56. The second-order valence-electron chi connectivity index (χ2n) is 5.90. The van der Waals surface area contributed by atoms with Crippen LogP contribution in [0.3, 0.4) is 0 Å². The third-order valence-corrected chi connectivity index (χ3v) is 4.09. The van der Waals surface area contributed by atoms with Gasteiger partial charge in [0.25, 0.3) is 5.91 Å². The van der Waals surface area contributed by atoms with Gasteiger partial charge in [0.05, 0.1) is 7.11 Å². The molecule has 3 rings (SSSR count). The molecule has 2 aromatic carbocycles. The molecule has 0 unspecified atom stereocenters. The molecular formula is C22H17ClN2O4. The van der Waals surface area contributed by atoms with Crippen LogP contribution in [0.4, 0.5) is 5.69 Å². The summed E-state index contributed by atoms with van der Waals surface area (Å²) in [6.45, 7) is 0.189. The van der Waals surface area contributed by atoms with Crippen LogP contribution in [0.5, 0.6) is 11.5 Å². The number of carbonyl (C=O) groups excluding carboxylic acids is 1. The number of halogens is 1. The van der Waals surface area contributed by atoms with Crippen molar-refractivity contribution in [2.24, 2.45) is 0 Å². The molecule has 0 atom stereocenters. The summed E-state index contributed by atoms with van der Waals surface area (Å²) >= 11 is 5.92. The van der Waals surface area contributed by atoms with Crippen LogP contribution < -0.4 is 14.8 Å². The van der Waals surface area contributed by atoms with Crippen LogP contribution in [0.15, 0.2) is 70.7 Å². The van der Waals surface area contributed by atoms with E-state index in [1.165, 1.54) is 6.08 Å². The standard InChI is InChI=1S/C22H17ClN2O4/c1-27-18-7-5-17(6-8-18)25-22(26)15(13-24)11-20-9-10-21(29-20)14-28-19-4-2-3-16(23)12-19/h2-12H,14H2,1H3,(H,25,26)/b15-11+. The molecule has 0 spiro atoms. The maximum absolute atomic E-state index is 12.3. The Morgan fingerprint density at radius 3 is 2.66 bits per heavy atom. The molecule has 0 aliphatic rings. The molecule has 7 heteroatoms. The number of amides is 1. The maximum Gasteiger partial charge on any atom is 0.266 e. The zero-order chi connectivity index (χ0) is 20.6. The van der Waals surface area contributed by atoms with Gasteiger partial charge in [-0.3, -0.25) is 4.79 Å². The van der Waals surface area contributed by atoms with Gasteiger partial charge in [0.2, 0.25) is 0 Å². The van der Waals surface area contributed by atoms with Crippen molar-refractivity contribution in [2.45, 2.75) is 6.61 Å². The number of nitrogens with one attached hydrogen (secondary N) is 1. The molecular weight excluding hydrogens is 392 g/mol. The average Bonchev–Trinajstić information content (AvgIpc) is 3.18. The van der Waals surface area contributed by atoms with E-state index >= 15 is 0 Å². The SMILES string of the molecule is COc1ccc(NC(=O)/C(C#N)=C/c2ccc(COc3cccc(Cl)c3)o2)cc1. The van der Waals surface area contributed by atoms with Crippen LogP contribution in [0.2, 0.25) is 5.02 Å². The predicted molar refractivity (Wildman–Crippen MR) is 110 cm³/mol. The molecule has 1 aromatic heterocycles. The van der Waals surface area contributed by atoms with Gasteiger partial charge >= 0.3 is 0 Å². The zero-order valence-corrected chi connectivity index (χ0v) is 16.3. The van der Waals surface area contributed by atoms with Gasteiger partial charge in [0.1, 0.15) is 41.3 Å². The Morgan fingerprint density at radius 1 is 1.17 bits per heavy atom. The molecule has 0 aliphatic carbocycles. The molecule has 1 N–H and O–H groups in total. The Hall–Kier alpha value is -3.69. The first-order valence-corrected chi connectivity index (χ1v) is 8.99. The van der Waals surface area contributed by atoms with E-state index in [2.05, 4.69) is 5.32 Å². The highest BCUT2D eigenvalue weighted by Crippen LogP contribution is 2.20. The van der Waals surface area contributed by atoms with Crippen molar-refractivity contribution >= 4 is 29.3 Å². The minimum absolute atomic E-state index is 0.0857. The topological polar surface area (TPSA) is 84.5 Å². The lowest BCUT2D eigenvalue weighted by atomic mass is 10.2. The lowest BCUT2D eigenvalue weighted by Gasteiger charge is -2.05. The van der Waals surface area contributed by atoms with Crippen molar-refractivity contribution in [2.75, 3.05) is 12.4 Å². The number of nitrogens with zero attached hydrogens (tertiary/aromatic N) is 1. The van der Waals surface area contributed by atoms with Gasteiger partial charge in [-0.2, -0.15) is 5.26 Å². The normalized spacial score (nSPS) is 10.9. The van der Waals surface area contributed by atoms with Crippen molar-refractivity contribution < 1.29 is 18.7 Å². The first-order valence-electron chi connectivity index (χ1n) is 8.61. The Bertz CT molecular complexity index is 1060. The minimum Gasteiger partial charge on any atom is -0.497 e. The first-order chi connectivity index (χ1) is 14.1. The van der Waals surface area contributed by atoms with Crippen LogP contribution >= 0.6 is 11.6 Å². The average molecular weight is 409 g/mol. The number of rotatable bonds is 7. The summed E-state index contributed by atoms with van der Waals surface area (Å²) in [6, 6.07) is 19.1. The Labute approximate surface area is 172 Å². The lowest BCUT2D eigenvalue weighted by Crippen LogP contribution is -2.13. The summed E-state index contributed by atoms with van der Waals surface area (Å²) in [4.78, 5) is 12.3. The molecule has 0 fully saturated rings. The number of methoxy groups -OCH3 is 1. The van der Waals surface area contributed by atoms with E-state index < -0.39 is 5.91 Å². The van der Waals surface area contributed by atoms with Crippen LogP contribution in [-0.2, 0) is 11.4 Å². The van der Waals surface area contributed by atoms with E-state index in [1.54, 1.807) is 67.8 Å². The highest BCUT2D eigenvalue weighted by atomic mass is 35.5. The van der Waals surface area contributed by atoms with Crippen molar-refractivity contribution in [3.8, 4) is 17.6 Å². The lowest BCUT2D eigenvalue weighted by molar-refractivity contribution is -0.112. The number of hydrogen-bond acceptors (Lipinski definition) is 5. The summed E-state index contributed by atoms with van der Waals surface area (Å²) in [5.74, 6) is 1.66. The van der Waals surface area contributed by atoms with Gasteiger partial charge in [-0.25, -0.2) is 0 Å². The number of carbonyl (C=O) groups is 1. The van der Waals surface area contributed by atoms with Crippen molar-refractivity contribution in [1.82, 2.24) is 0 Å². The highest BCUT2D eigenvalue weighted by Gasteiger charge is 2.11. The van der Waals surface area contributed by atoms with Gasteiger partial charge in [0.15, 0.2) is 0 Å². The molecule has 1 amide bonds. The van der Waals surface area contributed by atoms with Gasteiger partial charge in [-0.1, -0.05) is 17.7 Å². The monoisotopic (exact) mass is 408 g/mol. The molecule has 146 valence electrons. The second kappa shape index (κ2) is 9.49. The fraction of sp³-hybridized carbons (Fsp3) is 0.0909. The second-order valence-corrected chi connectivity index (χ2v) is 6.34. The van der Waals surface area contributed by atoms with E-state index in [0.717, 1.165) is 0 Å². The maximum atomic E-state index is 12.3. The predicted octanol–water partition coefficient (Wildman–Crippen LogP) is 5.07. The molecule has 0 radical (unpaired) electrons. The van der Waals surface area contributed by atoms with Crippen LogP contribution in [0.25, 0.3) is 6.08 Å². The Morgan fingerprint density at radius 2 is 1.97 bits per heavy atom. The fourth-order valence-electron chi connectivity index (χ4n) is 2.42. The molecule has 0 saturated heterocycles. The van der Waals surface area contributed by atoms with Crippen molar-refractivity contribution in [3.05, 3.63) is 82.8 Å². The van der Waals surface area contributed by atoms with Gasteiger partial charge in [-0.05, 0) is 54.6 Å². The molecule has 29 heavy (non-hydrogen) atoms. The molecule has 0 bridgehead atoms. The number of nitriles is 1. The summed E-state index contributed by atoms with van der Waals surface area (Å²) in [6.07, 6.45) is 1.38.